The van der Waals surface area contributed by atoms with Gasteiger partial charge in [-0.1, -0.05) is 0 Å². The molecule has 2 heterocycles. The summed E-state index contributed by atoms with van der Waals surface area (Å²) in [5, 5.41) is 8.11. The first kappa shape index (κ1) is 10.8. The first-order chi connectivity index (χ1) is 7.16. The van der Waals surface area contributed by atoms with Crippen LogP contribution in [0, 0.1) is 0 Å². The minimum Gasteiger partial charge on any atom is -0.381 e. The average molecular weight is 271 g/mol. The molecule has 15 heavy (non-hydrogen) atoms. The van der Waals surface area contributed by atoms with Gasteiger partial charge in [0.2, 0.25) is 0 Å². The van der Waals surface area contributed by atoms with Gasteiger partial charge in [-0.05, 0) is 48.4 Å². The van der Waals surface area contributed by atoms with Gasteiger partial charge in [0, 0.05) is 12.5 Å². The predicted molar refractivity (Wildman–Crippen MR) is 63.6 cm³/mol. The van der Waals surface area contributed by atoms with Crippen LogP contribution in [0.5, 0.6) is 0 Å². The van der Waals surface area contributed by atoms with E-state index >= 15 is 0 Å². The number of anilines is 1. The standard InChI is InChI=1S/C10H15BrN4/c1-15-4-2-3-7(6-15)9-5-8(11)10(12)14-13-9/h5,7H,2-4,6H2,1H3,(H2,12,14). The van der Waals surface area contributed by atoms with E-state index < -0.39 is 0 Å². The lowest BCUT2D eigenvalue weighted by Gasteiger charge is -2.29. The van der Waals surface area contributed by atoms with Gasteiger partial charge in [0.05, 0.1) is 10.2 Å². The number of rotatable bonds is 1. The Bertz CT molecular complexity index is 355. The zero-order chi connectivity index (χ0) is 10.8. The number of hydrogen-bond acceptors (Lipinski definition) is 4. The van der Waals surface area contributed by atoms with Crippen LogP contribution >= 0.6 is 15.9 Å². The molecule has 0 aromatic carbocycles. The van der Waals surface area contributed by atoms with Gasteiger partial charge in [-0.15, -0.1) is 5.10 Å². The molecule has 1 saturated heterocycles. The molecule has 0 aliphatic carbocycles. The quantitative estimate of drug-likeness (QED) is 0.843. The van der Waals surface area contributed by atoms with Crippen LogP contribution in [0.15, 0.2) is 10.5 Å². The highest BCUT2D eigenvalue weighted by molar-refractivity contribution is 9.10. The van der Waals surface area contributed by atoms with Crippen LogP contribution in [0.3, 0.4) is 0 Å². The van der Waals surface area contributed by atoms with Crippen LogP contribution in [0.4, 0.5) is 5.82 Å². The molecule has 5 heteroatoms. The van der Waals surface area contributed by atoms with E-state index in [4.69, 9.17) is 5.73 Å². The summed E-state index contributed by atoms with van der Waals surface area (Å²) in [6.07, 6.45) is 2.42. The molecule has 1 fully saturated rings. The number of piperidine rings is 1. The summed E-state index contributed by atoms with van der Waals surface area (Å²) in [7, 11) is 2.14. The molecule has 1 atom stereocenters. The Hall–Kier alpha value is -0.680. The first-order valence-electron chi connectivity index (χ1n) is 5.14. The van der Waals surface area contributed by atoms with Crippen LogP contribution in [-0.2, 0) is 0 Å². The number of aromatic nitrogens is 2. The summed E-state index contributed by atoms with van der Waals surface area (Å²) in [5.74, 6) is 0.955. The molecule has 0 spiro atoms. The highest BCUT2D eigenvalue weighted by Crippen LogP contribution is 2.27. The molecule has 1 aliphatic rings. The van der Waals surface area contributed by atoms with Crippen molar-refractivity contribution in [3.05, 3.63) is 16.2 Å². The van der Waals surface area contributed by atoms with E-state index in [0.29, 0.717) is 11.7 Å². The molecule has 1 aromatic rings. The number of halogens is 1. The van der Waals surface area contributed by atoms with Gasteiger partial charge in [-0.25, -0.2) is 0 Å². The smallest absolute Gasteiger partial charge is 0.160 e. The fourth-order valence-electron chi connectivity index (χ4n) is 2.00. The molecule has 0 amide bonds. The third-order valence-electron chi connectivity index (χ3n) is 2.84. The van der Waals surface area contributed by atoms with Crippen molar-refractivity contribution in [3.63, 3.8) is 0 Å². The van der Waals surface area contributed by atoms with Crippen LogP contribution in [0.25, 0.3) is 0 Å². The number of nitrogen functional groups attached to an aromatic ring is 1. The Morgan fingerprint density at radius 1 is 1.53 bits per heavy atom. The van der Waals surface area contributed by atoms with E-state index in [9.17, 15) is 0 Å². The highest BCUT2D eigenvalue weighted by atomic mass is 79.9. The number of hydrogen-bond donors (Lipinski definition) is 1. The lowest BCUT2D eigenvalue weighted by atomic mass is 9.95. The average Bonchev–Trinajstić information content (AvgIpc) is 2.22. The first-order valence-corrected chi connectivity index (χ1v) is 5.93. The van der Waals surface area contributed by atoms with Gasteiger partial charge in [-0.2, -0.15) is 5.10 Å². The second-order valence-corrected chi connectivity index (χ2v) is 4.96. The summed E-state index contributed by atoms with van der Waals surface area (Å²) in [4.78, 5) is 2.33. The Labute approximate surface area is 98.0 Å². The lowest BCUT2D eigenvalue weighted by Crippen LogP contribution is -2.31. The van der Waals surface area contributed by atoms with Gasteiger partial charge < -0.3 is 10.6 Å². The molecule has 0 saturated carbocycles. The van der Waals surface area contributed by atoms with Crippen LogP contribution < -0.4 is 5.73 Å². The zero-order valence-corrected chi connectivity index (χ0v) is 10.4. The van der Waals surface area contributed by atoms with Crippen LogP contribution in [0.1, 0.15) is 24.5 Å². The van der Waals surface area contributed by atoms with E-state index in [1.165, 1.54) is 19.4 Å². The largest absolute Gasteiger partial charge is 0.381 e. The van der Waals surface area contributed by atoms with Crippen molar-refractivity contribution in [2.75, 3.05) is 25.9 Å². The van der Waals surface area contributed by atoms with E-state index in [1.54, 1.807) is 0 Å². The van der Waals surface area contributed by atoms with Gasteiger partial charge >= 0.3 is 0 Å². The third-order valence-corrected chi connectivity index (χ3v) is 3.47. The summed E-state index contributed by atoms with van der Waals surface area (Å²) in [6.45, 7) is 2.24. The van der Waals surface area contributed by atoms with Crippen molar-refractivity contribution in [1.29, 1.82) is 0 Å². The SMILES string of the molecule is CN1CCCC(c2cc(Br)c(N)nn2)C1. The number of nitrogens with zero attached hydrogens (tertiary/aromatic N) is 3. The highest BCUT2D eigenvalue weighted by Gasteiger charge is 2.20. The van der Waals surface area contributed by atoms with Gasteiger partial charge in [0.1, 0.15) is 0 Å². The third kappa shape index (κ3) is 2.46. The summed E-state index contributed by atoms with van der Waals surface area (Å²) < 4.78 is 0.848. The second kappa shape index (κ2) is 4.45. The number of likely N-dealkylation sites (tertiary alicyclic amines) is 1. The fourth-order valence-corrected chi connectivity index (χ4v) is 2.31. The summed E-state index contributed by atoms with van der Waals surface area (Å²) >= 11 is 3.39. The molecule has 2 rings (SSSR count). The van der Waals surface area contributed by atoms with E-state index in [-0.39, 0.29) is 0 Å². The van der Waals surface area contributed by atoms with Crippen molar-refractivity contribution in [2.45, 2.75) is 18.8 Å². The predicted octanol–water partition coefficient (Wildman–Crippen LogP) is 1.63. The van der Waals surface area contributed by atoms with Crippen LogP contribution in [0.2, 0.25) is 0 Å². The van der Waals surface area contributed by atoms with E-state index in [1.807, 2.05) is 6.07 Å². The number of nitrogens with two attached hydrogens (primary N) is 1. The molecule has 0 radical (unpaired) electrons. The van der Waals surface area contributed by atoms with E-state index in [0.717, 1.165) is 16.7 Å². The molecule has 1 unspecified atom stereocenters. The van der Waals surface area contributed by atoms with Crippen molar-refractivity contribution in [2.24, 2.45) is 0 Å². The lowest BCUT2D eigenvalue weighted by molar-refractivity contribution is 0.248. The van der Waals surface area contributed by atoms with Gasteiger partial charge in [0.15, 0.2) is 5.82 Å². The Morgan fingerprint density at radius 3 is 3.00 bits per heavy atom. The van der Waals surface area contributed by atoms with Gasteiger partial charge in [0.25, 0.3) is 0 Å². The molecule has 0 bridgehead atoms. The Morgan fingerprint density at radius 2 is 2.33 bits per heavy atom. The molecular weight excluding hydrogens is 256 g/mol. The van der Waals surface area contributed by atoms with Crippen molar-refractivity contribution in [3.8, 4) is 0 Å². The van der Waals surface area contributed by atoms with Crippen molar-refractivity contribution >= 4 is 21.7 Å². The molecule has 4 nitrogen and oxygen atoms in total. The molecular formula is C10H15BrN4. The van der Waals surface area contributed by atoms with E-state index in [2.05, 4.69) is 38.1 Å². The zero-order valence-electron chi connectivity index (χ0n) is 8.78. The molecule has 1 aliphatic heterocycles. The molecule has 2 N–H and O–H groups in total. The normalized spacial score (nSPS) is 22.9. The summed E-state index contributed by atoms with van der Waals surface area (Å²) in [6, 6.07) is 1.99. The Kier molecular flexibility index (Phi) is 3.21. The minimum atomic E-state index is 0.461. The maximum Gasteiger partial charge on any atom is 0.160 e. The topological polar surface area (TPSA) is 55.0 Å². The molecule has 82 valence electrons. The van der Waals surface area contributed by atoms with Crippen molar-refractivity contribution in [1.82, 2.24) is 15.1 Å². The van der Waals surface area contributed by atoms with Crippen LogP contribution in [-0.4, -0.2) is 35.2 Å². The number of likely N-dealkylation sites (N-methyl/N-ethyl adjacent to an activating group) is 1. The maximum atomic E-state index is 5.61. The fraction of sp³-hybridized carbons (Fsp3) is 0.600. The monoisotopic (exact) mass is 270 g/mol. The molecule has 1 aromatic heterocycles. The second-order valence-electron chi connectivity index (χ2n) is 4.10. The van der Waals surface area contributed by atoms with Crippen molar-refractivity contribution < 1.29 is 0 Å². The Balaban J connectivity index is 2.18. The van der Waals surface area contributed by atoms with Gasteiger partial charge in [-0.3, -0.25) is 0 Å². The summed E-state index contributed by atoms with van der Waals surface area (Å²) in [5.41, 5.74) is 6.66. The minimum absolute atomic E-state index is 0.461. The maximum absolute atomic E-state index is 5.61.